The Morgan fingerprint density at radius 3 is 2.93 bits per heavy atom. The number of thiol groups is 1. The summed E-state index contributed by atoms with van der Waals surface area (Å²) in [6.45, 7) is 0. The van der Waals surface area contributed by atoms with Crippen molar-refractivity contribution >= 4 is 29.5 Å². The highest BCUT2D eigenvalue weighted by Crippen LogP contribution is 2.23. The molecule has 0 saturated carbocycles. The number of benzene rings is 1. The summed E-state index contributed by atoms with van der Waals surface area (Å²) >= 11 is 4.15. The quantitative estimate of drug-likeness (QED) is 0.662. The van der Waals surface area contributed by atoms with Crippen LogP contribution in [0.4, 0.5) is 0 Å². The molecule has 0 aliphatic heterocycles. The average Bonchev–Trinajstić information content (AvgIpc) is 2.59. The lowest BCUT2D eigenvalue weighted by molar-refractivity contribution is 0.0699. The number of hydrogen-bond acceptors (Lipinski definition) is 2. The van der Waals surface area contributed by atoms with E-state index in [0.717, 1.165) is 16.5 Å². The molecule has 0 fully saturated rings. The third-order valence-electron chi connectivity index (χ3n) is 2.19. The molecule has 72 valence electrons. The van der Waals surface area contributed by atoms with Gasteiger partial charge in [0.2, 0.25) is 0 Å². The van der Waals surface area contributed by atoms with Gasteiger partial charge in [0.1, 0.15) is 0 Å². The van der Waals surface area contributed by atoms with E-state index in [2.05, 4.69) is 17.6 Å². The Morgan fingerprint density at radius 2 is 2.29 bits per heavy atom. The Balaban J connectivity index is 2.81. The number of carboxylic acids is 1. The molecule has 1 heterocycles. The van der Waals surface area contributed by atoms with Gasteiger partial charge in [0, 0.05) is 22.9 Å². The second kappa shape index (κ2) is 3.38. The van der Waals surface area contributed by atoms with E-state index in [9.17, 15) is 4.79 Å². The highest BCUT2D eigenvalue weighted by atomic mass is 32.1. The topological polar surface area (TPSA) is 53.1 Å². The molecule has 0 aliphatic carbocycles. The van der Waals surface area contributed by atoms with E-state index in [1.54, 1.807) is 18.3 Å². The zero-order valence-electron chi connectivity index (χ0n) is 7.32. The Bertz CT molecular complexity index is 490. The Hall–Kier alpha value is -1.42. The molecule has 0 atom stereocenters. The summed E-state index contributed by atoms with van der Waals surface area (Å²) in [5, 5.41) is 9.74. The summed E-state index contributed by atoms with van der Waals surface area (Å²) in [5.74, 6) is -0.372. The molecule has 14 heavy (non-hydrogen) atoms. The van der Waals surface area contributed by atoms with Crippen molar-refractivity contribution in [2.75, 3.05) is 0 Å². The SMILES string of the molecule is O=C(O)c1cccc2[nH]cc(CS)c12. The van der Waals surface area contributed by atoms with Crippen LogP contribution in [0.5, 0.6) is 0 Å². The standard InChI is InChI=1S/C10H9NO2S/c12-10(13)7-2-1-3-8-9(7)6(5-14)4-11-8/h1-4,11,14H,5H2,(H,12,13). The van der Waals surface area contributed by atoms with Crippen LogP contribution in [-0.4, -0.2) is 16.1 Å². The summed E-state index contributed by atoms with van der Waals surface area (Å²) in [6, 6.07) is 5.19. The molecule has 2 N–H and O–H groups in total. The number of aromatic amines is 1. The first-order valence-corrected chi connectivity index (χ1v) is 4.80. The smallest absolute Gasteiger partial charge is 0.336 e. The van der Waals surface area contributed by atoms with Crippen LogP contribution < -0.4 is 0 Å². The Morgan fingerprint density at radius 1 is 1.50 bits per heavy atom. The number of hydrogen-bond donors (Lipinski definition) is 3. The minimum Gasteiger partial charge on any atom is -0.478 e. The maximum Gasteiger partial charge on any atom is 0.336 e. The van der Waals surface area contributed by atoms with E-state index in [0.29, 0.717) is 11.3 Å². The third kappa shape index (κ3) is 1.28. The van der Waals surface area contributed by atoms with Crippen molar-refractivity contribution in [1.82, 2.24) is 4.98 Å². The highest BCUT2D eigenvalue weighted by molar-refractivity contribution is 7.79. The Kier molecular flexibility index (Phi) is 2.21. The predicted molar refractivity (Wildman–Crippen MR) is 57.9 cm³/mol. The molecule has 1 aromatic heterocycles. The van der Waals surface area contributed by atoms with Crippen LogP contribution in [0.2, 0.25) is 0 Å². The van der Waals surface area contributed by atoms with Gasteiger partial charge in [-0.1, -0.05) is 6.07 Å². The molecule has 0 saturated heterocycles. The van der Waals surface area contributed by atoms with E-state index in [1.165, 1.54) is 0 Å². The zero-order valence-corrected chi connectivity index (χ0v) is 8.21. The molecule has 0 unspecified atom stereocenters. The van der Waals surface area contributed by atoms with E-state index in [4.69, 9.17) is 5.11 Å². The maximum absolute atomic E-state index is 10.9. The molecule has 2 rings (SSSR count). The first kappa shape index (κ1) is 9.15. The lowest BCUT2D eigenvalue weighted by atomic mass is 10.1. The van der Waals surface area contributed by atoms with Crippen molar-refractivity contribution in [2.45, 2.75) is 5.75 Å². The molecular weight excluding hydrogens is 198 g/mol. The lowest BCUT2D eigenvalue weighted by Crippen LogP contribution is -1.97. The molecule has 0 aliphatic rings. The predicted octanol–water partition coefficient (Wildman–Crippen LogP) is 2.30. The number of aromatic carboxylic acids is 1. The van der Waals surface area contributed by atoms with Gasteiger partial charge in [0.25, 0.3) is 0 Å². The van der Waals surface area contributed by atoms with Crippen LogP contribution in [0.15, 0.2) is 24.4 Å². The Labute approximate surface area is 86.2 Å². The second-order valence-electron chi connectivity index (χ2n) is 3.01. The fraction of sp³-hybridized carbons (Fsp3) is 0.100. The fourth-order valence-corrected chi connectivity index (χ4v) is 1.81. The van der Waals surface area contributed by atoms with E-state index in [1.807, 2.05) is 6.07 Å². The molecule has 1 aromatic carbocycles. The van der Waals surface area contributed by atoms with Gasteiger partial charge < -0.3 is 10.1 Å². The van der Waals surface area contributed by atoms with Gasteiger partial charge in [-0.15, -0.1) is 0 Å². The second-order valence-corrected chi connectivity index (χ2v) is 3.32. The molecular formula is C10H9NO2S. The fourth-order valence-electron chi connectivity index (χ4n) is 1.56. The van der Waals surface area contributed by atoms with Crippen molar-refractivity contribution in [2.24, 2.45) is 0 Å². The van der Waals surface area contributed by atoms with E-state index < -0.39 is 5.97 Å². The van der Waals surface area contributed by atoms with Crippen LogP contribution in [-0.2, 0) is 5.75 Å². The summed E-state index contributed by atoms with van der Waals surface area (Å²) < 4.78 is 0. The van der Waals surface area contributed by atoms with Gasteiger partial charge in [-0.05, 0) is 17.7 Å². The van der Waals surface area contributed by atoms with Crippen molar-refractivity contribution in [3.8, 4) is 0 Å². The van der Waals surface area contributed by atoms with Gasteiger partial charge in [-0.25, -0.2) is 4.79 Å². The largest absolute Gasteiger partial charge is 0.478 e. The van der Waals surface area contributed by atoms with Crippen LogP contribution in [0.25, 0.3) is 10.9 Å². The number of H-pyrrole nitrogens is 1. The van der Waals surface area contributed by atoms with Crippen LogP contribution >= 0.6 is 12.6 Å². The minimum absolute atomic E-state index is 0.327. The van der Waals surface area contributed by atoms with E-state index in [-0.39, 0.29) is 0 Å². The zero-order chi connectivity index (χ0) is 10.1. The van der Waals surface area contributed by atoms with Gasteiger partial charge >= 0.3 is 5.97 Å². The van der Waals surface area contributed by atoms with Gasteiger partial charge in [0.15, 0.2) is 0 Å². The van der Waals surface area contributed by atoms with Crippen LogP contribution in [0.3, 0.4) is 0 Å². The van der Waals surface area contributed by atoms with Crippen molar-refractivity contribution in [3.63, 3.8) is 0 Å². The number of carboxylic acid groups (broad SMARTS) is 1. The summed E-state index contributed by atoms with van der Waals surface area (Å²) in [6.07, 6.45) is 1.80. The molecule has 2 aromatic rings. The van der Waals surface area contributed by atoms with Gasteiger partial charge in [0.05, 0.1) is 5.56 Å². The van der Waals surface area contributed by atoms with Crippen LogP contribution in [0.1, 0.15) is 15.9 Å². The minimum atomic E-state index is -0.904. The van der Waals surface area contributed by atoms with Crippen molar-refractivity contribution in [1.29, 1.82) is 0 Å². The number of rotatable bonds is 2. The van der Waals surface area contributed by atoms with Crippen molar-refractivity contribution < 1.29 is 9.90 Å². The molecule has 0 radical (unpaired) electrons. The summed E-state index contributed by atoms with van der Waals surface area (Å²) in [5.41, 5.74) is 2.09. The first-order valence-electron chi connectivity index (χ1n) is 4.17. The number of fused-ring (bicyclic) bond motifs is 1. The summed E-state index contributed by atoms with van der Waals surface area (Å²) in [4.78, 5) is 14.0. The molecule has 4 heteroatoms. The lowest BCUT2D eigenvalue weighted by Gasteiger charge is -1.99. The van der Waals surface area contributed by atoms with Gasteiger partial charge in [-0.2, -0.15) is 12.6 Å². The molecule has 0 amide bonds. The van der Waals surface area contributed by atoms with E-state index >= 15 is 0 Å². The normalized spacial score (nSPS) is 10.6. The number of nitrogens with one attached hydrogen (secondary N) is 1. The molecule has 3 nitrogen and oxygen atoms in total. The molecule has 0 spiro atoms. The van der Waals surface area contributed by atoms with Gasteiger partial charge in [-0.3, -0.25) is 0 Å². The monoisotopic (exact) mass is 207 g/mol. The maximum atomic E-state index is 10.9. The summed E-state index contributed by atoms with van der Waals surface area (Å²) in [7, 11) is 0. The average molecular weight is 207 g/mol. The van der Waals surface area contributed by atoms with Crippen LogP contribution in [0, 0.1) is 0 Å². The number of carbonyl (C=O) groups is 1. The third-order valence-corrected chi connectivity index (χ3v) is 2.53. The first-order chi connectivity index (χ1) is 6.74. The van der Waals surface area contributed by atoms with Crippen molar-refractivity contribution in [3.05, 3.63) is 35.5 Å². The molecule has 0 bridgehead atoms. The number of aromatic nitrogens is 1. The highest BCUT2D eigenvalue weighted by Gasteiger charge is 2.11.